The Balaban J connectivity index is 2.36. The molecule has 0 spiro atoms. The number of aryl methyl sites for hydroxylation is 2. The van der Waals surface area contributed by atoms with Crippen molar-refractivity contribution in [1.29, 1.82) is 0 Å². The van der Waals surface area contributed by atoms with Crippen molar-refractivity contribution in [3.05, 3.63) is 35.4 Å². The first-order valence-electron chi connectivity index (χ1n) is 9.47. The first-order chi connectivity index (χ1) is 12.3. The second kappa shape index (κ2) is 12.0. The molecular weight excluding hydrogens is 353 g/mol. The zero-order chi connectivity index (χ0) is 19.5. The molecule has 0 aliphatic rings. The molecule has 0 aromatic heterocycles. The molecule has 0 radical (unpaired) electrons. The van der Waals surface area contributed by atoms with Gasteiger partial charge in [0, 0.05) is 0 Å². The maximum absolute atomic E-state index is 9.44. The second-order valence-electron chi connectivity index (χ2n) is 7.14. The standard InChI is InChI=1S/C19H35NO5P/c1-2-3-4-5-6-7-8-17-9-11-18(12-10-17)13-14-19(20,15-21)16-25-26(22,23)24/h9-12,21-24H,2-8,13-16,20H2,1H3/q+1. The molecule has 0 heterocycles. The van der Waals surface area contributed by atoms with Gasteiger partial charge in [0.25, 0.3) is 0 Å². The van der Waals surface area contributed by atoms with Crippen molar-refractivity contribution in [2.24, 2.45) is 5.73 Å². The molecule has 0 saturated carbocycles. The highest BCUT2D eigenvalue weighted by molar-refractivity contribution is 7.53. The predicted molar refractivity (Wildman–Crippen MR) is 105 cm³/mol. The third kappa shape index (κ3) is 10.5. The Kier molecular flexibility index (Phi) is 10.8. The van der Waals surface area contributed by atoms with Crippen LogP contribution < -0.4 is 5.73 Å². The molecule has 1 aromatic rings. The van der Waals surface area contributed by atoms with Crippen LogP contribution in [0.2, 0.25) is 0 Å². The summed E-state index contributed by atoms with van der Waals surface area (Å²) < 4.78 is 4.57. The highest BCUT2D eigenvalue weighted by atomic mass is 31.2. The van der Waals surface area contributed by atoms with E-state index in [4.69, 9.17) is 20.4 Å². The van der Waals surface area contributed by atoms with Crippen LogP contribution in [0.5, 0.6) is 0 Å². The van der Waals surface area contributed by atoms with Crippen LogP contribution in [-0.4, -0.2) is 38.5 Å². The number of hydrogen-bond donors (Lipinski definition) is 5. The van der Waals surface area contributed by atoms with E-state index >= 15 is 0 Å². The monoisotopic (exact) mass is 388 g/mol. The van der Waals surface area contributed by atoms with Crippen LogP contribution in [-0.2, 0) is 17.4 Å². The molecule has 0 aliphatic carbocycles. The van der Waals surface area contributed by atoms with Gasteiger partial charge >= 0.3 is 8.17 Å². The Morgan fingerprint density at radius 2 is 1.46 bits per heavy atom. The summed E-state index contributed by atoms with van der Waals surface area (Å²) in [5.74, 6) is 0. The van der Waals surface area contributed by atoms with Crippen molar-refractivity contribution >= 4 is 8.17 Å². The lowest BCUT2D eigenvalue weighted by molar-refractivity contribution is 0.0870. The van der Waals surface area contributed by atoms with Gasteiger partial charge in [-0.3, -0.25) is 0 Å². The molecule has 0 saturated heterocycles. The SMILES string of the molecule is CCCCCCCCc1ccc(CCC(N)(CO)CO[P+](O)(O)O)cc1. The van der Waals surface area contributed by atoms with Crippen LogP contribution >= 0.6 is 8.17 Å². The van der Waals surface area contributed by atoms with E-state index in [1.165, 1.54) is 44.1 Å². The maximum Gasteiger partial charge on any atom is 0.567 e. The topological polar surface area (TPSA) is 116 Å². The minimum absolute atomic E-state index is 0.323. The van der Waals surface area contributed by atoms with Crippen LogP contribution in [0.4, 0.5) is 0 Å². The molecule has 150 valence electrons. The highest BCUT2D eigenvalue weighted by Gasteiger charge is 2.38. The van der Waals surface area contributed by atoms with E-state index in [9.17, 15) is 5.11 Å². The van der Waals surface area contributed by atoms with Crippen molar-refractivity contribution in [2.45, 2.75) is 70.3 Å². The first kappa shape index (κ1) is 23.4. The van der Waals surface area contributed by atoms with Crippen LogP contribution in [0.25, 0.3) is 0 Å². The fraction of sp³-hybridized carbons (Fsp3) is 0.684. The van der Waals surface area contributed by atoms with Crippen LogP contribution in [0.1, 0.15) is 63.0 Å². The smallest absolute Gasteiger partial charge is 0.394 e. The van der Waals surface area contributed by atoms with E-state index in [1.807, 2.05) is 0 Å². The minimum Gasteiger partial charge on any atom is -0.394 e. The number of rotatable bonds is 14. The van der Waals surface area contributed by atoms with Crippen molar-refractivity contribution < 1.29 is 24.3 Å². The zero-order valence-electron chi connectivity index (χ0n) is 15.8. The summed E-state index contributed by atoms with van der Waals surface area (Å²) in [6, 6.07) is 8.38. The summed E-state index contributed by atoms with van der Waals surface area (Å²) in [5, 5.41) is 9.44. The molecule has 1 rings (SSSR count). The lowest BCUT2D eigenvalue weighted by Crippen LogP contribution is -2.48. The molecule has 0 aliphatic heterocycles. The Hall–Kier alpha value is -0.590. The third-order valence-electron chi connectivity index (χ3n) is 4.59. The molecule has 0 fully saturated rings. The molecule has 26 heavy (non-hydrogen) atoms. The number of nitrogens with two attached hydrogens (primary N) is 1. The van der Waals surface area contributed by atoms with Gasteiger partial charge in [0.15, 0.2) is 0 Å². The lowest BCUT2D eigenvalue weighted by Gasteiger charge is -2.25. The third-order valence-corrected chi connectivity index (χ3v) is 5.07. The second-order valence-corrected chi connectivity index (χ2v) is 8.43. The van der Waals surface area contributed by atoms with Gasteiger partial charge in [0.05, 0.1) is 12.1 Å². The minimum atomic E-state index is -4.34. The van der Waals surface area contributed by atoms with Gasteiger partial charge in [-0.05, 0) is 36.8 Å². The number of aliphatic hydroxyl groups excluding tert-OH is 1. The van der Waals surface area contributed by atoms with Crippen molar-refractivity contribution in [3.8, 4) is 0 Å². The first-order valence-corrected chi connectivity index (χ1v) is 11.0. The summed E-state index contributed by atoms with van der Waals surface area (Å²) in [7, 11) is -4.34. The van der Waals surface area contributed by atoms with Crippen molar-refractivity contribution in [3.63, 3.8) is 0 Å². The van der Waals surface area contributed by atoms with Crippen molar-refractivity contribution in [1.82, 2.24) is 0 Å². The highest BCUT2D eigenvalue weighted by Crippen LogP contribution is 2.46. The van der Waals surface area contributed by atoms with E-state index in [2.05, 4.69) is 35.7 Å². The van der Waals surface area contributed by atoms with E-state index in [0.717, 1.165) is 12.0 Å². The summed E-state index contributed by atoms with van der Waals surface area (Å²) in [5.41, 5.74) is 7.30. The Bertz CT molecular complexity index is 492. The fourth-order valence-corrected chi connectivity index (χ4v) is 3.22. The number of unbranched alkanes of at least 4 members (excludes halogenated alkanes) is 5. The molecule has 6 nitrogen and oxygen atoms in total. The van der Waals surface area contributed by atoms with Crippen LogP contribution in [0, 0.1) is 0 Å². The molecule has 7 heteroatoms. The molecule has 1 unspecified atom stereocenters. The molecule has 0 bridgehead atoms. The van der Waals surface area contributed by atoms with Crippen LogP contribution in [0.15, 0.2) is 24.3 Å². The summed E-state index contributed by atoms with van der Waals surface area (Å²) >= 11 is 0. The van der Waals surface area contributed by atoms with Gasteiger partial charge in [0.1, 0.15) is 6.61 Å². The Morgan fingerprint density at radius 3 is 2.00 bits per heavy atom. The van der Waals surface area contributed by atoms with Gasteiger partial charge in [-0.15, -0.1) is 0 Å². The predicted octanol–water partition coefficient (Wildman–Crippen LogP) is 2.88. The number of benzene rings is 1. The van der Waals surface area contributed by atoms with Gasteiger partial charge < -0.3 is 10.8 Å². The average molecular weight is 388 g/mol. The zero-order valence-corrected chi connectivity index (χ0v) is 16.7. The Labute approximate surface area is 157 Å². The van der Waals surface area contributed by atoms with E-state index in [0.29, 0.717) is 12.8 Å². The van der Waals surface area contributed by atoms with Crippen LogP contribution in [0.3, 0.4) is 0 Å². The van der Waals surface area contributed by atoms with E-state index in [1.54, 1.807) is 0 Å². The molecule has 1 atom stereocenters. The van der Waals surface area contributed by atoms with Crippen molar-refractivity contribution in [2.75, 3.05) is 13.2 Å². The van der Waals surface area contributed by atoms with Gasteiger partial charge in [0.2, 0.25) is 0 Å². The van der Waals surface area contributed by atoms with Gasteiger partial charge in [-0.2, -0.15) is 19.2 Å². The lowest BCUT2D eigenvalue weighted by atomic mass is 9.93. The molecular formula is C19H35NO5P+. The fourth-order valence-electron chi connectivity index (χ4n) is 2.79. The molecule has 6 N–H and O–H groups in total. The average Bonchev–Trinajstić information content (AvgIpc) is 2.61. The summed E-state index contributed by atoms with van der Waals surface area (Å²) in [4.78, 5) is 26.7. The quantitative estimate of drug-likeness (QED) is 0.247. The van der Waals surface area contributed by atoms with Gasteiger partial charge in [-0.1, -0.05) is 63.3 Å². The van der Waals surface area contributed by atoms with E-state index < -0.39 is 13.7 Å². The number of hydrogen-bond acceptors (Lipinski definition) is 6. The largest absolute Gasteiger partial charge is 0.567 e. The van der Waals surface area contributed by atoms with Gasteiger partial charge in [-0.25, -0.2) is 0 Å². The molecule has 0 amide bonds. The Morgan fingerprint density at radius 1 is 0.923 bits per heavy atom. The normalized spacial score (nSPS) is 14.4. The van der Waals surface area contributed by atoms with E-state index in [-0.39, 0.29) is 13.2 Å². The summed E-state index contributed by atoms with van der Waals surface area (Å²) in [6.45, 7) is 1.53. The number of aliphatic hydroxyl groups is 1. The maximum atomic E-state index is 9.44. The summed E-state index contributed by atoms with van der Waals surface area (Å²) in [6.07, 6.45) is 9.86. The molecule has 1 aromatic carbocycles.